The van der Waals surface area contributed by atoms with E-state index in [0.29, 0.717) is 5.69 Å². The van der Waals surface area contributed by atoms with Crippen molar-refractivity contribution in [1.82, 2.24) is 15.6 Å². The zero-order valence-corrected chi connectivity index (χ0v) is 53.8. The summed E-state index contributed by atoms with van der Waals surface area (Å²) in [6.07, 6.45) is -12.1. The number of nitrogens with one attached hydrogen (secondary N) is 2. The number of cyclic esters (lactones) is 1. The molecule has 19 N–H and O–H groups in total. The van der Waals surface area contributed by atoms with E-state index in [0.717, 1.165) is 0 Å². The Morgan fingerprint density at radius 3 is 1.93 bits per heavy atom. The predicted molar refractivity (Wildman–Crippen MR) is 336 cm³/mol. The molecule has 2 bridgehead atoms. The van der Waals surface area contributed by atoms with Crippen LogP contribution in [0, 0.1) is 17.8 Å². The fourth-order valence-electron chi connectivity index (χ4n) is 12.0. The van der Waals surface area contributed by atoms with Gasteiger partial charge < -0.3 is 131 Å². The van der Waals surface area contributed by atoms with E-state index in [4.69, 9.17) is 33.2 Å². The molecule has 1 amide bonds. The number of hydrogen-bond acceptors (Lipinski definition) is 28. The molecule has 0 aromatic carbocycles. The molecule has 0 radical (unpaired) electrons. The number of fused-ring (bicyclic) bond motifs is 2. The molecule has 4 fully saturated rings. The maximum Gasteiger partial charge on any atom is 0.308 e. The van der Waals surface area contributed by atoms with Gasteiger partial charge in [-0.3, -0.25) is 14.6 Å². The second kappa shape index (κ2) is 38.0. The Balaban J connectivity index is 1.26. The standard InChI is InChI=1S/C66H101N3O26/c1-36-19-15-13-11-9-7-5-6-8-10-12-14-16-21-44(92-63-57(82)53(55(80)39(4)91-63)69-35-66(88)61(85)60(48(77)34-89-66)94-64-59(84)58(83)56(81)50(33-70)93-64)30-49-52(62(86)68-26-24-40-20-17-18-25-67-40)47(76)32-65(87,95-49)31-43(73)28-46(75)45(74)23-22-41(71)27-42(72)29-51(78)90-38(3)37(2)54(36)79/h5-21,25,36-39,41-50,52-61,63-64,69-77,79-85,87-88H,22-24,26-35H2,1-4H3,(H,68,86)/t36-,37?,38-,39+,41+,42+,43-,44-,45+,46+,47-,48+,49?,50+,52?,53-,54+,55+,56+,57-,58-,59+,60+,61-,63?,64?,65+,66+/m0/s1. The average Bonchev–Trinajstić information content (AvgIpc) is 0.787. The lowest BCUT2D eigenvalue weighted by molar-refractivity contribution is -0.368. The van der Waals surface area contributed by atoms with Gasteiger partial charge in [0.05, 0.1) is 105 Å². The zero-order chi connectivity index (χ0) is 69.7. The van der Waals surface area contributed by atoms with E-state index >= 15 is 0 Å². The Hall–Kier alpha value is -4.69. The number of carbonyl (C=O) groups is 2. The second-order valence-corrected chi connectivity index (χ2v) is 25.4. The van der Waals surface area contributed by atoms with E-state index in [1.807, 2.05) is 6.92 Å². The van der Waals surface area contributed by atoms with Crippen LogP contribution in [0.15, 0.2) is 109 Å². The van der Waals surface area contributed by atoms with Crippen LogP contribution in [-0.2, 0) is 49.2 Å². The third-order valence-electron chi connectivity index (χ3n) is 17.8. The fourth-order valence-corrected chi connectivity index (χ4v) is 12.0. The van der Waals surface area contributed by atoms with Crippen LogP contribution in [0.3, 0.4) is 0 Å². The van der Waals surface area contributed by atoms with Crippen LogP contribution in [0.25, 0.3) is 0 Å². The van der Waals surface area contributed by atoms with Crippen molar-refractivity contribution in [3.8, 4) is 0 Å². The van der Waals surface area contributed by atoms with Gasteiger partial charge in [0.1, 0.15) is 54.9 Å². The van der Waals surface area contributed by atoms with Gasteiger partial charge in [-0.25, -0.2) is 0 Å². The molecule has 6 heterocycles. The molecule has 28 atom stereocenters. The number of rotatable bonds is 12. The molecule has 0 spiro atoms. The van der Waals surface area contributed by atoms with Crippen LogP contribution in [-0.4, -0.2) is 282 Å². The van der Waals surface area contributed by atoms with Gasteiger partial charge in [0.25, 0.3) is 0 Å². The van der Waals surface area contributed by atoms with Gasteiger partial charge in [0.15, 0.2) is 18.4 Å². The van der Waals surface area contributed by atoms with E-state index in [2.05, 4.69) is 15.6 Å². The second-order valence-electron chi connectivity index (χ2n) is 25.4. The number of ether oxygens (including phenoxy) is 7. The maximum atomic E-state index is 14.3. The molecule has 1 aromatic heterocycles. The Bertz CT molecular complexity index is 2690. The minimum absolute atomic E-state index is 0.0461. The number of esters is 1. The lowest BCUT2D eigenvalue weighted by Gasteiger charge is -2.48. The van der Waals surface area contributed by atoms with E-state index < -0.39 is 228 Å². The lowest BCUT2D eigenvalue weighted by atomic mass is 9.82. The number of aliphatic hydroxyl groups excluding tert-OH is 15. The van der Waals surface area contributed by atoms with Gasteiger partial charge in [-0.1, -0.05) is 105 Å². The highest BCUT2D eigenvalue weighted by Gasteiger charge is 2.55. The number of pyridine rings is 1. The summed E-state index contributed by atoms with van der Waals surface area (Å²) < 4.78 is 40.8. The van der Waals surface area contributed by atoms with Gasteiger partial charge >= 0.3 is 5.97 Å². The van der Waals surface area contributed by atoms with Crippen LogP contribution in [0.1, 0.15) is 84.8 Å². The quantitative estimate of drug-likeness (QED) is 0.0909. The van der Waals surface area contributed by atoms with E-state index in [1.165, 1.54) is 13.0 Å². The largest absolute Gasteiger partial charge is 0.462 e. The summed E-state index contributed by atoms with van der Waals surface area (Å²) in [5.74, 6) is -8.87. The SMILES string of the molecule is CC1[C@H](C)OC(=O)C[C@H](O)C[C@H](O)CC[C@@H](O)[C@H](O)C[C@H](O)C[C@]2(O)C[C@H](O)C(C(=O)NCCc3ccccn3)C(C[C@@H](OC3O[C@H](C)[C@@H](O)[C@H](NC[C@@]4(O)OC[C@@H](O)[C@@H](OC5O[C@H](CO)[C@@H](O)[C@H](O)[C@H]5O)[C@@H]4O)[C@@H]3O)C=CC=CC=CC=CC=CC=CC=C[C@H](C)[C@H]1O)O2. The van der Waals surface area contributed by atoms with E-state index in [-0.39, 0.29) is 38.1 Å². The Morgan fingerprint density at radius 1 is 0.642 bits per heavy atom. The summed E-state index contributed by atoms with van der Waals surface area (Å²) in [7, 11) is 0. The van der Waals surface area contributed by atoms with Crippen molar-refractivity contribution in [2.24, 2.45) is 17.8 Å². The summed E-state index contributed by atoms with van der Waals surface area (Å²) in [6, 6.07) is 3.76. The van der Waals surface area contributed by atoms with Gasteiger partial charge in [0.2, 0.25) is 11.7 Å². The van der Waals surface area contributed by atoms with Gasteiger partial charge in [0, 0.05) is 62.4 Å². The molecule has 1 aromatic rings. The highest BCUT2D eigenvalue weighted by atomic mass is 16.7. The summed E-state index contributed by atoms with van der Waals surface area (Å²) in [6.45, 7) is 4.32. The molecule has 5 aliphatic heterocycles. The van der Waals surface area contributed by atoms with Crippen molar-refractivity contribution in [3.05, 3.63) is 115 Å². The minimum Gasteiger partial charge on any atom is -0.462 e. The maximum absolute atomic E-state index is 14.3. The summed E-state index contributed by atoms with van der Waals surface area (Å²) >= 11 is 0. The van der Waals surface area contributed by atoms with Crippen LogP contribution in [0.4, 0.5) is 0 Å². The number of carbonyl (C=O) groups excluding carboxylic acids is 2. The monoisotopic (exact) mass is 1350 g/mol. The minimum atomic E-state index is -2.68. The molecular formula is C66H101N3O26. The normalized spacial score (nSPS) is 42.3. The van der Waals surface area contributed by atoms with Crippen molar-refractivity contribution in [3.63, 3.8) is 0 Å². The molecule has 4 saturated heterocycles. The summed E-state index contributed by atoms with van der Waals surface area (Å²) in [5, 5.41) is 194. The molecule has 536 valence electrons. The molecule has 0 saturated carbocycles. The van der Waals surface area contributed by atoms with Gasteiger partial charge in [-0.2, -0.15) is 0 Å². The first-order valence-corrected chi connectivity index (χ1v) is 32.4. The molecule has 0 aliphatic carbocycles. The van der Waals surface area contributed by atoms with Crippen LogP contribution < -0.4 is 10.6 Å². The molecule has 6 rings (SSSR count). The molecule has 5 unspecified atom stereocenters. The first kappa shape index (κ1) is 79.3. The Morgan fingerprint density at radius 2 is 1.28 bits per heavy atom. The number of nitrogens with zero attached hydrogens (tertiary/aromatic N) is 1. The van der Waals surface area contributed by atoms with Gasteiger partial charge in [-0.15, -0.1) is 0 Å². The highest BCUT2D eigenvalue weighted by Crippen LogP contribution is 2.39. The zero-order valence-electron chi connectivity index (χ0n) is 53.8. The average molecular weight is 1350 g/mol. The molecular weight excluding hydrogens is 1250 g/mol. The van der Waals surface area contributed by atoms with Crippen molar-refractivity contribution in [2.75, 3.05) is 26.3 Å². The van der Waals surface area contributed by atoms with Crippen molar-refractivity contribution in [1.29, 1.82) is 0 Å². The lowest BCUT2D eigenvalue weighted by Crippen LogP contribution is -2.70. The first-order chi connectivity index (χ1) is 45.0. The van der Waals surface area contributed by atoms with E-state index in [1.54, 1.807) is 117 Å². The number of aliphatic hydroxyl groups is 17. The number of amides is 1. The molecule has 5 aliphatic rings. The smallest absolute Gasteiger partial charge is 0.308 e. The number of allylic oxidation sites excluding steroid dienone is 12. The topological polar surface area (TPSA) is 480 Å². The third kappa shape index (κ3) is 23.5. The molecule has 95 heavy (non-hydrogen) atoms. The first-order valence-electron chi connectivity index (χ1n) is 32.4. The number of hydrogen-bond donors (Lipinski definition) is 19. The van der Waals surface area contributed by atoms with Crippen molar-refractivity contribution >= 4 is 11.9 Å². The third-order valence-corrected chi connectivity index (χ3v) is 17.8. The molecule has 29 heteroatoms. The summed E-state index contributed by atoms with van der Waals surface area (Å²) in [5.41, 5.74) is 0.641. The molecule has 29 nitrogen and oxygen atoms in total. The van der Waals surface area contributed by atoms with Gasteiger partial charge in [-0.05, 0) is 45.2 Å². The van der Waals surface area contributed by atoms with E-state index in [9.17, 15) is 96.4 Å². The van der Waals surface area contributed by atoms with Crippen molar-refractivity contribution < 1.29 is 130 Å². The van der Waals surface area contributed by atoms with Crippen LogP contribution in [0.5, 0.6) is 0 Å². The van der Waals surface area contributed by atoms with Crippen LogP contribution >= 0.6 is 0 Å². The fraction of sp³-hybridized carbons (Fsp3) is 0.682. The number of aromatic nitrogens is 1. The van der Waals surface area contributed by atoms with Crippen molar-refractivity contribution in [2.45, 2.75) is 238 Å². The Labute approximate surface area is 552 Å². The highest BCUT2D eigenvalue weighted by molar-refractivity contribution is 5.80. The summed E-state index contributed by atoms with van der Waals surface area (Å²) in [4.78, 5) is 31.4. The Kier molecular flexibility index (Phi) is 31.8. The predicted octanol–water partition coefficient (Wildman–Crippen LogP) is -3.36. The van der Waals surface area contributed by atoms with Crippen LogP contribution in [0.2, 0.25) is 0 Å².